The molecule has 5 heteroatoms. The predicted octanol–water partition coefficient (Wildman–Crippen LogP) is 3.80. The highest BCUT2D eigenvalue weighted by atomic mass is 16.2. The molecular formula is C23H34N4O. The fourth-order valence-electron chi connectivity index (χ4n) is 5.49. The number of hydrogen-bond donors (Lipinski definition) is 2. The number of nitrogens with zero attached hydrogens (tertiary/aromatic N) is 2. The van der Waals surface area contributed by atoms with Gasteiger partial charge in [-0.05, 0) is 63.8 Å². The van der Waals surface area contributed by atoms with Gasteiger partial charge in [0.15, 0.2) is 0 Å². The first-order valence-electron chi connectivity index (χ1n) is 10.9. The number of carbonyl (C=O) groups excluding carboxylic acids is 1. The van der Waals surface area contributed by atoms with E-state index in [4.69, 9.17) is 0 Å². The number of piperidine rings is 1. The zero-order valence-corrected chi connectivity index (χ0v) is 17.9. The molecule has 1 aliphatic carbocycles. The number of aryl methyl sites for hydroxylation is 2. The summed E-state index contributed by atoms with van der Waals surface area (Å²) in [5, 5.41) is 4.77. The first-order chi connectivity index (χ1) is 13.5. The molecule has 5 nitrogen and oxygen atoms in total. The van der Waals surface area contributed by atoms with Crippen LogP contribution < -0.4 is 5.32 Å². The number of likely N-dealkylation sites (N-methyl/N-ethyl adjacent to an activating group) is 1. The highest BCUT2D eigenvalue weighted by Crippen LogP contribution is 2.44. The van der Waals surface area contributed by atoms with Crippen molar-refractivity contribution in [2.24, 2.45) is 0 Å². The van der Waals surface area contributed by atoms with E-state index in [9.17, 15) is 4.79 Å². The van der Waals surface area contributed by atoms with Gasteiger partial charge < -0.3 is 20.1 Å². The zero-order valence-electron chi connectivity index (χ0n) is 17.9. The van der Waals surface area contributed by atoms with Gasteiger partial charge in [-0.15, -0.1) is 0 Å². The van der Waals surface area contributed by atoms with Gasteiger partial charge in [0.05, 0.1) is 0 Å². The third kappa shape index (κ3) is 3.00. The molecule has 0 bridgehead atoms. The summed E-state index contributed by atoms with van der Waals surface area (Å²) in [5.41, 5.74) is 7.03. The second kappa shape index (κ2) is 7.43. The van der Waals surface area contributed by atoms with E-state index in [1.807, 2.05) is 18.7 Å². The minimum absolute atomic E-state index is 0.0716. The summed E-state index contributed by atoms with van der Waals surface area (Å²) in [6.07, 6.45) is 3.17. The van der Waals surface area contributed by atoms with Crippen molar-refractivity contribution in [2.75, 3.05) is 26.7 Å². The van der Waals surface area contributed by atoms with E-state index in [1.165, 1.54) is 33.3 Å². The number of carbonyl (C=O) groups is 1. The van der Waals surface area contributed by atoms with Gasteiger partial charge in [0.1, 0.15) is 0 Å². The summed E-state index contributed by atoms with van der Waals surface area (Å²) in [7, 11) is 2.22. The van der Waals surface area contributed by atoms with Crippen LogP contribution in [0, 0.1) is 6.92 Å². The van der Waals surface area contributed by atoms with Gasteiger partial charge in [-0.1, -0.05) is 19.1 Å². The van der Waals surface area contributed by atoms with E-state index in [0.29, 0.717) is 12.0 Å². The van der Waals surface area contributed by atoms with E-state index >= 15 is 0 Å². The van der Waals surface area contributed by atoms with Crippen LogP contribution >= 0.6 is 0 Å². The molecule has 152 valence electrons. The number of H-pyrrole nitrogens is 1. The molecular weight excluding hydrogens is 348 g/mol. The normalized spacial score (nSPS) is 24.2. The first-order valence-corrected chi connectivity index (χ1v) is 10.9. The maximum atomic E-state index is 12.6. The smallest absolute Gasteiger partial charge is 0.317 e. The van der Waals surface area contributed by atoms with Crippen LogP contribution in [0.15, 0.2) is 12.1 Å². The van der Waals surface area contributed by atoms with Crippen molar-refractivity contribution in [1.82, 2.24) is 20.1 Å². The molecule has 1 aliphatic heterocycles. The molecule has 0 unspecified atom stereocenters. The van der Waals surface area contributed by atoms with Crippen molar-refractivity contribution in [3.8, 4) is 0 Å². The molecule has 0 spiro atoms. The van der Waals surface area contributed by atoms with Gasteiger partial charge >= 0.3 is 6.03 Å². The molecule has 1 saturated heterocycles. The number of rotatable bonds is 4. The maximum absolute atomic E-state index is 12.6. The van der Waals surface area contributed by atoms with Crippen LogP contribution in [0.1, 0.15) is 55.5 Å². The number of amides is 2. The number of aromatic amines is 1. The van der Waals surface area contributed by atoms with Gasteiger partial charge in [0.25, 0.3) is 0 Å². The Labute approximate surface area is 168 Å². The molecule has 4 rings (SSSR count). The number of urea groups is 1. The van der Waals surface area contributed by atoms with Crippen molar-refractivity contribution >= 4 is 16.9 Å². The fraction of sp³-hybridized carbons (Fsp3) is 0.609. The molecule has 2 aromatic rings. The minimum Gasteiger partial charge on any atom is -0.358 e. The van der Waals surface area contributed by atoms with Crippen LogP contribution in [0.5, 0.6) is 0 Å². The molecule has 0 radical (unpaired) electrons. The summed E-state index contributed by atoms with van der Waals surface area (Å²) >= 11 is 0. The maximum Gasteiger partial charge on any atom is 0.317 e. The predicted molar refractivity (Wildman–Crippen MR) is 115 cm³/mol. The van der Waals surface area contributed by atoms with Gasteiger partial charge in [-0.25, -0.2) is 4.79 Å². The molecule has 1 aromatic heterocycles. The lowest BCUT2D eigenvalue weighted by Gasteiger charge is -2.46. The van der Waals surface area contributed by atoms with Crippen LogP contribution in [0.2, 0.25) is 0 Å². The van der Waals surface area contributed by atoms with Gasteiger partial charge in [0, 0.05) is 54.2 Å². The van der Waals surface area contributed by atoms with Crippen LogP contribution in [-0.2, 0) is 12.8 Å². The van der Waals surface area contributed by atoms with Crippen LogP contribution in [0.3, 0.4) is 0 Å². The quantitative estimate of drug-likeness (QED) is 0.845. The van der Waals surface area contributed by atoms with Crippen LogP contribution in [0.25, 0.3) is 10.9 Å². The molecule has 3 atom stereocenters. The monoisotopic (exact) mass is 382 g/mol. The standard InChI is InChI=1S/C23H34N4O/c1-6-15-9-10-17-19-11-16(25-23(28)27(7-2)8-3)13-26(5)20(19)12-18-14(4)24-22(15)21(17)18/h9-10,16,19-20,24H,6-8,11-13H2,1-5H3,(H,25,28)/t16-,19+,20+/m0/s1. The fourth-order valence-corrected chi connectivity index (χ4v) is 5.49. The van der Waals surface area contributed by atoms with Gasteiger partial charge in [-0.3, -0.25) is 0 Å². The van der Waals surface area contributed by atoms with E-state index in [0.717, 1.165) is 38.9 Å². The Morgan fingerprint density at radius 3 is 2.71 bits per heavy atom. The summed E-state index contributed by atoms with van der Waals surface area (Å²) in [6, 6.07) is 5.44. The van der Waals surface area contributed by atoms with E-state index in [1.54, 1.807) is 0 Å². The van der Waals surface area contributed by atoms with Crippen molar-refractivity contribution in [2.45, 2.75) is 65.0 Å². The van der Waals surface area contributed by atoms with Crippen molar-refractivity contribution in [3.05, 3.63) is 34.5 Å². The SMILES string of the molecule is CCc1ccc2c3c(c(C)[nH]c13)C[C@@H]1[C@@H]2C[C@H](NC(=O)N(CC)CC)CN1C. The topological polar surface area (TPSA) is 51.4 Å². The second-order valence-electron chi connectivity index (χ2n) is 8.52. The highest BCUT2D eigenvalue weighted by molar-refractivity contribution is 5.92. The molecule has 2 aliphatic rings. The highest BCUT2D eigenvalue weighted by Gasteiger charge is 2.40. The van der Waals surface area contributed by atoms with Gasteiger partial charge in [-0.2, -0.15) is 0 Å². The number of likely N-dealkylation sites (tertiary alicyclic amines) is 1. The Morgan fingerprint density at radius 1 is 1.29 bits per heavy atom. The Bertz CT molecular complexity index is 882. The third-order valence-electron chi connectivity index (χ3n) is 7.04. The lowest BCUT2D eigenvalue weighted by molar-refractivity contribution is 0.124. The molecule has 2 N–H and O–H groups in total. The Balaban J connectivity index is 1.67. The number of nitrogens with one attached hydrogen (secondary N) is 2. The molecule has 1 aromatic carbocycles. The lowest BCUT2D eigenvalue weighted by atomic mass is 9.73. The number of aromatic nitrogens is 1. The average molecular weight is 383 g/mol. The molecule has 2 heterocycles. The number of benzene rings is 1. The lowest BCUT2D eigenvalue weighted by Crippen LogP contribution is -2.56. The summed E-state index contributed by atoms with van der Waals surface area (Å²) in [5.74, 6) is 0.469. The zero-order chi connectivity index (χ0) is 20.0. The van der Waals surface area contributed by atoms with E-state index < -0.39 is 0 Å². The van der Waals surface area contributed by atoms with E-state index in [2.05, 4.69) is 48.2 Å². The Hall–Kier alpha value is -2.01. The van der Waals surface area contributed by atoms with Crippen molar-refractivity contribution in [1.29, 1.82) is 0 Å². The van der Waals surface area contributed by atoms with Crippen LogP contribution in [0.4, 0.5) is 4.79 Å². The summed E-state index contributed by atoms with van der Waals surface area (Å²) in [6.45, 7) is 10.9. The average Bonchev–Trinajstić information content (AvgIpc) is 3.01. The Kier molecular flexibility index (Phi) is 5.13. The molecule has 28 heavy (non-hydrogen) atoms. The Morgan fingerprint density at radius 2 is 2.04 bits per heavy atom. The second-order valence-corrected chi connectivity index (χ2v) is 8.52. The van der Waals surface area contributed by atoms with Crippen molar-refractivity contribution < 1.29 is 4.79 Å². The molecule has 1 fully saturated rings. The van der Waals surface area contributed by atoms with Gasteiger partial charge in [0.2, 0.25) is 0 Å². The van der Waals surface area contributed by atoms with Crippen LogP contribution in [-0.4, -0.2) is 59.6 Å². The van der Waals surface area contributed by atoms with Crippen molar-refractivity contribution in [3.63, 3.8) is 0 Å². The summed E-state index contributed by atoms with van der Waals surface area (Å²) < 4.78 is 0. The summed E-state index contributed by atoms with van der Waals surface area (Å²) in [4.78, 5) is 20.6. The molecule has 2 amide bonds. The number of fused-ring (bicyclic) bond motifs is 2. The van der Waals surface area contributed by atoms with E-state index in [-0.39, 0.29) is 12.1 Å². The minimum atomic E-state index is 0.0716. The third-order valence-corrected chi connectivity index (χ3v) is 7.04. The molecule has 0 saturated carbocycles. The number of hydrogen-bond acceptors (Lipinski definition) is 2. The largest absolute Gasteiger partial charge is 0.358 e. The first kappa shape index (κ1) is 19.3.